The molecule has 1 atom stereocenters. The number of carbonyl (C=O) groups excluding carboxylic acids is 1. The quantitative estimate of drug-likeness (QED) is 0.703. The number of hydrogen-bond acceptors (Lipinski definition) is 4. The molecule has 0 unspecified atom stereocenters. The lowest BCUT2D eigenvalue weighted by molar-refractivity contribution is -0.122. The number of ether oxygens (including phenoxy) is 2. The van der Waals surface area contributed by atoms with Crippen molar-refractivity contribution in [2.24, 2.45) is 0 Å². The number of nitrogens with one attached hydrogen (secondary N) is 1. The van der Waals surface area contributed by atoms with E-state index in [1.165, 1.54) is 0 Å². The summed E-state index contributed by atoms with van der Waals surface area (Å²) in [5, 5.41) is 4.06. The lowest BCUT2D eigenvalue weighted by Gasteiger charge is -2.21. The second kappa shape index (κ2) is 9.83. The van der Waals surface area contributed by atoms with Crippen molar-refractivity contribution >= 4 is 29.1 Å². The van der Waals surface area contributed by atoms with Gasteiger partial charge in [0.05, 0.1) is 26.8 Å². The maximum atomic E-state index is 12.4. The van der Waals surface area contributed by atoms with Crippen LogP contribution in [0.3, 0.4) is 0 Å². The highest BCUT2D eigenvalue weighted by Gasteiger charge is 2.15. The average molecular weight is 411 g/mol. The Morgan fingerprint density at radius 1 is 1.15 bits per heavy atom. The molecule has 0 heterocycles. The van der Waals surface area contributed by atoms with Crippen LogP contribution >= 0.6 is 23.2 Å². The molecule has 0 saturated heterocycles. The van der Waals surface area contributed by atoms with E-state index in [1.54, 1.807) is 26.4 Å². The summed E-state index contributed by atoms with van der Waals surface area (Å²) in [5.41, 5.74) is 1.80. The second-order valence-corrected chi connectivity index (χ2v) is 7.15. The molecule has 27 heavy (non-hydrogen) atoms. The highest BCUT2D eigenvalue weighted by atomic mass is 35.5. The minimum atomic E-state index is -0.216. The summed E-state index contributed by atoms with van der Waals surface area (Å²) in [6, 6.07) is 10.7. The predicted molar refractivity (Wildman–Crippen MR) is 109 cm³/mol. The van der Waals surface area contributed by atoms with Crippen LogP contribution in [0.5, 0.6) is 11.5 Å². The molecular formula is C20H24Cl2N2O3. The molecule has 2 aromatic carbocycles. The summed E-state index contributed by atoms with van der Waals surface area (Å²) in [4.78, 5) is 14.3. The van der Waals surface area contributed by atoms with E-state index in [4.69, 9.17) is 32.7 Å². The second-order valence-electron chi connectivity index (χ2n) is 6.31. The van der Waals surface area contributed by atoms with E-state index in [2.05, 4.69) is 5.32 Å². The Kier molecular flexibility index (Phi) is 7.78. The standard InChI is InChI=1S/C20H24Cl2N2O3/c1-13(17-8-6-15(21)9-18(17)22)23-20(25)12-24(2)11-14-5-7-16(26-3)10-19(14)27-4/h5-10,13H,11-12H2,1-4H3,(H,23,25)/t13-/m0/s1. The van der Waals surface area contributed by atoms with Crippen LogP contribution in [0.25, 0.3) is 0 Å². The normalized spacial score (nSPS) is 12.0. The summed E-state index contributed by atoms with van der Waals surface area (Å²) >= 11 is 12.1. The number of methoxy groups -OCH3 is 2. The van der Waals surface area contributed by atoms with Crippen LogP contribution in [-0.4, -0.2) is 38.6 Å². The molecule has 5 nitrogen and oxygen atoms in total. The molecule has 2 rings (SSSR count). The van der Waals surface area contributed by atoms with Crippen molar-refractivity contribution < 1.29 is 14.3 Å². The van der Waals surface area contributed by atoms with Gasteiger partial charge in [0, 0.05) is 28.2 Å². The van der Waals surface area contributed by atoms with Gasteiger partial charge in [-0.15, -0.1) is 0 Å². The Bertz CT molecular complexity index is 799. The van der Waals surface area contributed by atoms with Gasteiger partial charge < -0.3 is 14.8 Å². The number of nitrogens with zero attached hydrogens (tertiary/aromatic N) is 1. The summed E-state index contributed by atoms with van der Waals surface area (Å²) in [6.45, 7) is 2.70. The lowest BCUT2D eigenvalue weighted by Crippen LogP contribution is -2.36. The Labute approximate surface area is 170 Å². The Hall–Kier alpha value is -1.95. The van der Waals surface area contributed by atoms with Gasteiger partial charge in [-0.3, -0.25) is 9.69 Å². The van der Waals surface area contributed by atoms with Gasteiger partial charge >= 0.3 is 0 Å². The zero-order valence-corrected chi connectivity index (χ0v) is 17.4. The molecule has 0 fully saturated rings. The molecule has 7 heteroatoms. The third-order valence-electron chi connectivity index (χ3n) is 4.15. The van der Waals surface area contributed by atoms with Gasteiger partial charge in [-0.2, -0.15) is 0 Å². The summed E-state index contributed by atoms with van der Waals surface area (Å²) in [7, 11) is 5.10. The highest BCUT2D eigenvalue weighted by Crippen LogP contribution is 2.27. The first-order valence-electron chi connectivity index (χ1n) is 8.47. The van der Waals surface area contributed by atoms with Crippen LogP contribution in [0.4, 0.5) is 0 Å². The average Bonchev–Trinajstić information content (AvgIpc) is 2.61. The van der Waals surface area contributed by atoms with Crippen molar-refractivity contribution in [2.45, 2.75) is 19.5 Å². The van der Waals surface area contributed by atoms with Crippen molar-refractivity contribution in [1.82, 2.24) is 10.2 Å². The van der Waals surface area contributed by atoms with Gasteiger partial charge in [-0.05, 0) is 37.7 Å². The maximum absolute atomic E-state index is 12.4. The van der Waals surface area contributed by atoms with Crippen LogP contribution in [0.2, 0.25) is 10.0 Å². The number of amides is 1. The molecule has 0 aliphatic rings. The topological polar surface area (TPSA) is 50.8 Å². The summed E-state index contributed by atoms with van der Waals surface area (Å²) in [6.07, 6.45) is 0. The third kappa shape index (κ3) is 6.03. The SMILES string of the molecule is COc1ccc(CN(C)CC(=O)N[C@@H](C)c2ccc(Cl)cc2Cl)c(OC)c1. The molecular weight excluding hydrogens is 387 g/mol. The summed E-state index contributed by atoms with van der Waals surface area (Å²) in [5.74, 6) is 1.36. The van der Waals surface area contributed by atoms with Crippen LogP contribution in [0.1, 0.15) is 24.1 Å². The van der Waals surface area contributed by atoms with Gasteiger partial charge in [0.2, 0.25) is 5.91 Å². The fraction of sp³-hybridized carbons (Fsp3) is 0.350. The minimum absolute atomic E-state index is 0.0940. The zero-order valence-electron chi connectivity index (χ0n) is 15.9. The lowest BCUT2D eigenvalue weighted by atomic mass is 10.1. The fourth-order valence-electron chi connectivity index (χ4n) is 2.79. The van der Waals surface area contributed by atoms with Crippen molar-refractivity contribution in [3.8, 4) is 11.5 Å². The largest absolute Gasteiger partial charge is 0.497 e. The number of benzene rings is 2. The van der Waals surface area contributed by atoms with Gasteiger partial charge in [0.25, 0.3) is 0 Å². The van der Waals surface area contributed by atoms with Gasteiger partial charge in [-0.1, -0.05) is 35.3 Å². The molecule has 0 spiro atoms. The number of halogens is 2. The van der Waals surface area contributed by atoms with Crippen molar-refractivity contribution in [1.29, 1.82) is 0 Å². The van der Waals surface area contributed by atoms with Crippen molar-refractivity contribution in [3.05, 3.63) is 57.6 Å². The Morgan fingerprint density at radius 2 is 1.89 bits per heavy atom. The van der Waals surface area contributed by atoms with Crippen LogP contribution in [0, 0.1) is 0 Å². The number of rotatable bonds is 8. The summed E-state index contributed by atoms with van der Waals surface area (Å²) < 4.78 is 10.6. The van der Waals surface area contributed by atoms with E-state index in [1.807, 2.05) is 43.1 Å². The molecule has 0 aliphatic heterocycles. The van der Waals surface area contributed by atoms with E-state index < -0.39 is 0 Å². The fourth-order valence-corrected chi connectivity index (χ4v) is 3.36. The number of carbonyl (C=O) groups is 1. The van der Waals surface area contributed by atoms with E-state index in [0.717, 1.165) is 22.6 Å². The predicted octanol–water partition coefficient (Wildman–Crippen LogP) is 4.32. The van der Waals surface area contributed by atoms with E-state index in [0.29, 0.717) is 16.6 Å². The van der Waals surface area contributed by atoms with Crippen LogP contribution in [0.15, 0.2) is 36.4 Å². The smallest absolute Gasteiger partial charge is 0.234 e. The molecule has 146 valence electrons. The third-order valence-corrected chi connectivity index (χ3v) is 4.72. The van der Waals surface area contributed by atoms with Gasteiger partial charge in [0.15, 0.2) is 0 Å². The van der Waals surface area contributed by atoms with Crippen LogP contribution in [-0.2, 0) is 11.3 Å². The molecule has 0 aromatic heterocycles. The molecule has 0 radical (unpaired) electrons. The molecule has 1 N–H and O–H groups in total. The Balaban J connectivity index is 1.95. The van der Waals surface area contributed by atoms with Crippen molar-refractivity contribution in [2.75, 3.05) is 27.8 Å². The number of likely N-dealkylation sites (N-methyl/N-ethyl adjacent to an activating group) is 1. The molecule has 2 aromatic rings. The first-order chi connectivity index (χ1) is 12.8. The van der Waals surface area contributed by atoms with Gasteiger partial charge in [0.1, 0.15) is 11.5 Å². The molecule has 0 aliphatic carbocycles. The maximum Gasteiger partial charge on any atom is 0.234 e. The zero-order chi connectivity index (χ0) is 20.0. The van der Waals surface area contributed by atoms with E-state index in [9.17, 15) is 4.79 Å². The minimum Gasteiger partial charge on any atom is -0.497 e. The van der Waals surface area contributed by atoms with E-state index in [-0.39, 0.29) is 18.5 Å². The molecule has 1 amide bonds. The monoisotopic (exact) mass is 410 g/mol. The van der Waals surface area contributed by atoms with Gasteiger partial charge in [-0.25, -0.2) is 0 Å². The molecule has 0 bridgehead atoms. The van der Waals surface area contributed by atoms with Crippen molar-refractivity contribution in [3.63, 3.8) is 0 Å². The molecule has 0 saturated carbocycles. The first-order valence-corrected chi connectivity index (χ1v) is 9.23. The highest BCUT2D eigenvalue weighted by molar-refractivity contribution is 6.35. The first kappa shape index (κ1) is 21.4. The van der Waals surface area contributed by atoms with Crippen LogP contribution < -0.4 is 14.8 Å². The number of hydrogen-bond donors (Lipinski definition) is 1. The Morgan fingerprint density at radius 3 is 2.52 bits per heavy atom. The van der Waals surface area contributed by atoms with E-state index >= 15 is 0 Å².